The van der Waals surface area contributed by atoms with Gasteiger partial charge in [-0.1, -0.05) is 6.07 Å². The van der Waals surface area contributed by atoms with E-state index in [0.717, 1.165) is 37.4 Å². The summed E-state index contributed by atoms with van der Waals surface area (Å²) in [6.07, 6.45) is 1.02. The van der Waals surface area contributed by atoms with E-state index in [-0.39, 0.29) is 6.04 Å². The van der Waals surface area contributed by atoms with E-state index in [1.807, 2.05) is 6.07 Å². The lowest BCUT2D eigenvalue weighted by atomic mass is 10.2. The Bertz CT molecular complexity index is 621. The second-order valence-corrected chi connectivity index (χ2v) is 5.03. The van der Waals surface area contributed by atoms with Gasteiger partial charge in [0.25, 0.3) is 5.91 Å². The van der Waals surface area contributed by atoms with Crippen molar-refractivity contribution in [2.24, 2.45) is 11.5 Å². The predicted octanol–water partition coefficient (Wildman–Crippen LogP) is 0.195. The van der Waals surface area contributed by atoms with Gasteiger partial charge in [-0.15, -0.1) is 0 Å². The molecule has 0 bridgehead atoms. The number of benzene rings is 1. The van der Waals surface area contributed by atoms with E-state index in [1.165, 1.54) is 0 Å². The lowest BCUT2D eigenvalue weighted by Gasteiger charge is -2.12. The summed E-state index contributed by atoms with van der Waals surface area (Å²) in [7, 11) is 0. The minimum Gasteiger partial charge on any atom is -0.366 e. The molecule has 100 valence electrons. The molecule has 1 aromatic carbocycles. The number of para-hydroxylation sites is 1. The van der Waals surface area contributed by atoms with Gasteiger partial charge >= 0.3 is 0 Å². The summed E-state index contributed by atoms with van der Waals surface area (Å²) < 4.78 is 0. The van der Waals surface area contributed by atoms with E-state index in [4.69, 9.17) is 11.5 Å². The highest BCUT2D eigenvalue weighted by Gasteiger charge is 2.20. The quantitative estimate of drug-likeness (QED) is 0.732. The number of nitrogens with two attached hydrogens (primary N) is 2. The highest BCUT2D eigenvalue weighted by molar-refractivity contribution is 6.03. The normalized spacial score (nSPS) is 20.2. The Balaban J connectivity index is 1.89. The summed E-state index contributed by atoms with van der Waals surface area (Å²) in [5, 5.41) is 0. The van der Waals surface area contributed by atoms with E-state index in [1.54, 1.807) is 12.1 Å². The molecule has 6 nitrogen and oxygen atoms in total. The maximum atomic E-state index is 11.4. The van der Waals surface area contributed by atoms with Gasteiger partial charge in [0.05, 0.1) is 17.6 Å². The first-order chi connectivity index (χ1) is 9.13. The number of fused-ring (bicyclic) bond motifs is 1. The van der Waals surface area contributed by atoms with Crippen LogP contribution in [0.5, 0.6) is 0 Å². The monoisotopic (exact) mass is 259 g/mol. The van der Waals surface area contributed by atoms with Gasteiger partial charge < -0.3 is 16.5 Å². The van der Waals surface area contributed by atoms with E-state index >= 15 is 0 Å². The summed E-state index contributed by atoms with van der Waals surface area (Å²) in [6, 6.07) is 5.65. The molecule has 5 N–H and O–H groups in total. The van der Waals surface area contributed by atoms with Crippen molar-refractivity contribution in [3.05, 3.63) is 29.6 Å². The first-order valence-electron chi connectivity index (χ1n) is 6.39. The smallest absolute Gasteiger partial charge is 0.250 e. The molecule has 1 amide bonds. The second kappa shape index (κ2) is 4.64. The van der Waals surface area contributed by atoms with Crippen molar-refractivity contribution in [1.82, 2.24) is 14.9 Å². The number of carbonyl (C=O) groups is 1. The van der Waals surface area contributed by atoms with Crippen LogP contribution in [0.25, 0.3) is 11.0 Å². The summed E-state index contributed by atoms with van der Waals surface area (Å²) in [6.45, 7) is 2.60. The molecule has 1 aromatic heterocycles. The van der Waals surface area contributed by atoms with Crippen LogP contribution in [0, 0.1) is 0 Å². The van der Waals surface area contributed by atoms with Gasteiger partial charge in [0.2, 0.25) is 0 Å². The molecule has 1 aliphatic rings. The lowest BCUT2D eigenvalue weighted by Crippen LogP contribution is -2.26. The lowest BCUT2D eigenvalue weighted by molar-refractivity contribution is 0.100. The molecule has 1 aliphatic heterocycles. The average Bonchev–Trinajstić information content (AvgIpc) is 2.94. The number of hydrogen-bond donors (Lipinski definition) is 3. The number of aromatic nitrogens is 2. The summed E-state index contributed by atoms with van der Waals surface area (Å²) in [5.41, 5.74) is 13.2. The number of nitrogens with one attached hydrogen (secondary N) is 1. The molecule has 2 aromatic rings. The molecule has 0 saturated carbocycles. The predicted molar refractivity (Wildman–Crippen MR) is 72.5 cm³/mol. The fourth-order valence-corrected chi connectivity index (χ4v) is 2.57. The Hall–Kier alpha value is -1.92. The third-order valence-electron chi connectivity index (χ3n) is 3.51. The molecular formula is C13H17N5O. The zero-order chi connectivity index (χ0) is 13.4. The molecule has 2 heterocycles. The van der Waals surface area contributed by atoms with Crippen molar-refractivity contribution in [2.75, 3.05) is 13.1 Å². The average molecular weight is 259 g/mol. The fourth-order valence-electron chi connectivity index (χ4n) is 2.57. The fraction of sp³-hybridized carbons (Fsp3) is 0.385. The number of amides is 1. The number of hydrogen-bond acceptors (Lipinski definition) is 4. The van der Waals surface area contributed by atoms with Crippen LogP contribution >= 0.6 is 0 Å². The maximum Gasteiger partial charge on any atom is 0.250 e. The Morgan fingerprint density at radius 3 is 3.05 bits per heavy atom. The van der Waals surface area contributed by atoms with Crippen LogP contribution in [0.3, 0.4) is 0 Å². The minimum atomic E-state index is -0.452. The SMILES string of the molecule is NC(=O)c1cccc2[nH]c(CN3CCC(N)C3)nc12. The summed E-state index contributed by atoms with van der Waals surface area (Å²) in [4.78, 5) is 21.3. The van der Waals surface area contributed by atoms with E-state index in [0.29, 0.717) is 11.1 Å². The highest BCUT2D eigenvalue weighted by Crippen LogP contribution is 2.18. The molecule has 0 spiro atoms. The van der Waals surface area contributed by atoms with Gasteiger partial charge in [0.15, 0.2) is 0 Å². The van der Waals surface area contributed by atoms with Crippen molar-refractivity contribution in [1.29, 1.82) is 0 Å². The van der Waals surface area contributed by atoms with Crippen LogP contribution in [0.4, 0.5) is 0 Å². The van der Waals surface area contributed by atoms with Crippen molar-refractivity contribution < 1.29 is 4.79 Å². The highest BCUT2D eigenvalue weighted by atomic mass is 16.1. The molecular weight excluding hydrogens is 242 g/mol. The van der Waals surface area contributed by atoms with Crippen molar-refractivity contribution >= 4 is 16.9 Å². The number of nitrogens with zero attached hydrogens (tertiary/aromatic N) is 2. The Morgan fingerprint density at radius 1 is 1.53 bits per heavy atom. The number of primary amides is 1. The Morgan fingerprint density at radius 2 is 2.37 bits per heavy atom. The number of H-pyrrole nitrogens is 1. The number of imidazole rings is 1. The molecule has 1 atom stereocenters. The molecule has 0 radical (unpaired) electrons. The molecule has 1 unspecified atom stereocenters. The standard InChI is InChI=1S/C13H17N5O/c14-8-4-5-18(6-8)7-11-16-10-3-1-2-9(13(15)19)12(10)17-11/h1-3,8H,4-7,14H2,(H2,15,19)(H,16,17). The second-order valence-electron chi connectivity index (χ2n) is 5.03. The third-order valence-corrected chi connectivity index (χ3v) is 3.51. The molecule has 19 heavy (non-hydrogen) atoms. The topological polar surface area (TPSA) is 101 Å². The van der Waals surface area contributed by atoms with E-state index in [9.17, 15) is 4.79 Å². The van der Waals surface area contributed by atoms with E-state index < -0.39 is 5.91 Å². The number of aromatic amines is 1. The van der Waals surface area contributed by atoms with Crippen LogP contribution in [-0.4, -0.2) is 39.9 Å². The van der Waals surface area contributed by atoms with Crippen molar-refractivity contribution in [3.63, 3.8) is 0 Å². The van der Waals surface area contributed by atoms with Crippen LogP contribution in [0.15, 0.2) is 18.2 Å². The van der Waals surface area contributed by atoms with Gasteiger partial charge in [-0.2, -0.15) is 0 Å². The van der Waals surface area contributed by atoms with Crippen molar-refractivity contribution in [2.45, 2.75) is 19.0 Å². The third kappa shape index (κ3) is 2.32. The Labute approximate surface area is 110 Å². The van der Waals surface area contributed by atoms with Gasteiger partial charge in [-0.25, -0.2) is 4.98 Å². The maximum absolute atomic E-state index is 11.4. The minimum absolute atomic E-state index is 0.255. The van der Waals surface area contributed by atoms with Crippen molar-refractivity contribution in [3.8, 4) is 0 Å². The molecule has 6 heteroatoms. The summed E-state index contributed by atoms with van der Waals surface area (Å²) >= 11 is 0. The number of carbonyl (C=O) groups excluding carboxylic acids is 1. The molecule has 3 rings (SSSR count). The number of rotatable bonds is 3. The molecule has 1 fully saturated rings. The largest absolute Gasteiger partial charge is 0.366 e. The zero-order valence-corrected chi connectivity index (χ0v) is 10.6. The van der Waals surface area contributed by atoms with Gasteiger partial charge in [-0.3, -0.25) is 9.69 Å². The first-order valence-corrected chi connectivity index (χ1v) is 6.39. The van der Waals surface area contributed by atoms with E-state index in [2.05, 4.69) is 14.9 Å². The van der Waals surface area contributed by atoms with Gasteiger partial charge in [-0.05, 0) is 18.6 Å². The van der Waals surface area contributed by atoms with Gasteiger partial charge in [0, 0.05) is 19.1 Å². The Kier molecular flexibility index (Phi) is 2.96. The van der Waals surface area contributed by atoms with Crippen LogP contribution in [0.2, 0.25) is 0 Å². The molecule has 0 aliphatic carbocycles. The number of likely N-dealkylation sites (tertiary alicyclic amines) is 1. The zero-order valence-electron chi connectivity index (χ0n) is 10.6. The molecule has 1 saturated heterocycles. The van der Waals surface area contributed by atoms with Crippen LogP contribution in [-0.2, 0) is 6.54 Å². The van der Waals surface area contributed by atoms with Crippen LogP contribution in [0.1, 0.15) is 22.6 Å². The van der Waals surface area contributed by atoms with Gasteiger partial charge in [0.1, 0.15) is 11.3 Å². The first kappa shape index (κ1) is 12.1. The van der Waals surface area contributed by atoms with Crippen LogP contribution < -0.4 is 11.5 Å². The summed E-state index contributed by atoms with van der Waals surface area (Å²) in [5.74, 6) is 0.393.